The molecule has 0 radical (unpaired) electrons. The molecule has 0 atom stereocenters. The zero-order valence-electron chi connectivity index (χ0n) is 67.2. The second kappa shape index (κ2) is 22.2. The van der Waals surface area contributed by atoms with Gasteiger partial charge >= 0.3 is 13.7 Å². The van der Waals surface area contributed by atoms with E-state index in [9.17, 15) is 0 Å². The minimum absolute atomic E-state index is 0.0110. The number of thiophene rings is 1. The molecular formula is C106H86B2N4O2S. The van der Waals surface area contributed by atoms with Gasteiger partial charge in [0.05, 0.1) is 32.8 Å². The van der Waals surface area contributed by atoms with Crippen molar-refractivity contribution in [1.82, 2.24) is 0 Å². The molecule has 6 nitrogen and oxygen atoms in total. The van der Waals surface area contributed by atoms with Gasteiger partial charge in [0, 0.05) is 87.7 Å². The van der Waals surface area contributed by atoms with E-state index in [4.69, 9.17) is 8.83 Å². The van der Waals surface area contributed by atoms with Crippen molar-refractivity contribution in [3.8, 4) is 44.5 Å². The first-order valence-electron chi connectivity index (χ1n) is 41.7. The SMILES string of the molecule is CC1(C)CCC(C)(C)c2cc3c(cc21)-c1cc2oc4ccccc4c2c2c1B(c1cccc4c1N2c1ccccc1C4(C)C)N3c1ccc(-c2ccc3oc4c5c6c(cc4c3c2)-c2ccc(-c3ccccc3)cc2N(c2cccc3c2sc2ccccc23)B6c2cccc3c2N5c2cc4c(cc2C3(C)C)C(C)(C)CCC4(C)C)cc1. The normalized spacial score (nSPS) is 17.7. The summed E-state index contributed by atoms with van der Waals surface area (Å²) in [6, 6.07) is 98.9. The van der Waals surface area contributed by atoms with Crippen LogP contribution in [0.5, 0.6) is 0 Å². The molecule has 0 saturated heterocycles. The third-order valence-corrected chi connectivity index (χ3v) is 30.7. The van der Waals surface area contributed by atoms with Crippen molar-refractivity contribution in [3.63, 3.8) is 0 Å². The van der Waals surface area contributed by atoms with E-state index in [2.05, 4.69) is 357 Å². The van der Waals surface area contributed by atoms with Crippen molar-refractivity contribution in [1.29, 1.82) is 0 Å². The molecule has 14 aromatic carbocycles. The van der Waals surface area contributed by atoms with E-state index in [0.29, 0.717) is 0 Å². The maximum Gasteiger partial charge on any atom is 0.333 e. The number of hydrogen-bond donors (Lipinski definition) is 0. The molecule has 0 spiro atoms. The minimum Gasteiger partial charge on any atom is -0.456 e. The summed E-state index contributed by atoms with van der Waals surface area (Å²) in [5.41, 5.74) is 41.0. The Balaban J connectivity index is 0.725. The fourth-order valence-corrected chi connectivity index (χ4v) is 24.4. The average molecular weight is 1500 g/mol. The highest BCUT2D eigenvalue weighted by Crippen LogP contribution is 2.63. The average Bonchev–Trinajstić information content (AvgIpc) is 1.67. The van der Waals surface area contributed by atoms with E-state index >= 15 is 0 Å². The van der Waals surface area contributed by atoms with Gasteiger partial charge in [-0.1, -0.05) is 253 Å². The highest BCUT2D eigenvalue weighted by molar-refractivity contribution is 7.26. The summed E-state index contributed by atoms with van der Waals surface area (Å²) in [6.07, 6.45) is 4.50. The van der Waals surface area contributed by atoms with Gasteiger partial charge in [0.1, 0.15) is 16.7 Å². The van der Waals surface area contributed by atoms with Crippen molar-refractivity contribution >= 4 is 168 Å². The maximum absolute atomic E-state index is 7.82. The number of nitrogens with zero attached hydrogens (tertiary/aromatic N) is 4. The third kappa shape index (κ3) is 8.62. The quantitative estimate of drug-likeness (QED) is 0.164. The molecular weight excluding hydrogens is 1410 g/mol. The number of fused-ring (bicyclic) bond motifs is 25. The Morgan fingerprint density at radius 3 is 1.57 bits per heavy atom. The molecule has 0 bridgehead atoms. The molecule has 9 heteroatoms. The molecule has 6 aliphatic heterocycles. The second-order valence-electron chi connectivity index (χ2n) is 38.3. The predicted octanol–water partition coefficient (Wildman–Crippen LogP) is 26.6. The molecule has 115 heavy (non-hydrogen) atoms. The van der Waals surface area contributed by atoms with Gasteiger partial charge in [-0.15, -0.1) is 11.3 Å². The summed E-state index contributed by atoms with van der Waals surface area (Å²) in [5, 5.41) is 7.09. The van der Waals surface area contributed by atoms with Crippen LogP contribution in [0.2, 0.25) is 0 Å². The molecule has 3 aromatic heterocycles. The molecule has 0 saturated carbocycles. The first kappa shape index (κ1) is 66.6. The molecule has 0 amide bonds. The lowest BCUT2D eigenvalue weighted by molar-refractivity contribution is 0.331. The summed E-state index contributed by atoms with van der Waals surface area (Å²) in [7, 11) is 0. The van der Waals surface area contributed by atoms with Crippen LogP contribution >= 0.6 is 11.3 Å². The standard InChI is InChI=1S/C106H86B2N4O2S/c1-101(2)47-49-103(5,6)78-57-86-68(54-76(78)101)71-55-90-92(67-28-16-20-37-88(67)113-90)97-93(71)107(81-33-23-31-74-95(81)109(97)83-35-19-18-30-73(83)105(74,9)10)111(86)63-43-39-60(40-44-63)61-42-46-89-69(51-61)72-53-70-64-45-41-62(59-25-14-13-15-26-59)52-85(64)112(84-36-22-29-66-65-27-17-21-38-91(65)115-100(66)84)108-82-34-24-32-75-96(82)110(98(94(70)108)99(72)114-89)87-58-79-77(56-80(87)106(75,11)12)102(3,4)48-50-104(79,7)8/h13-46,51-58H,47-50H2,1-12H3. The summed E-state index contributed by atoms with van der Waals surface area (Å²) < 4.78 is 17.5. The predicted molar refractivity (Wildman–Crippen MR) is 487 cm³/mol. The van der Waals surface area contributed by atoms with Crippen molar-refractivity contribution in [3.05, 3.63) is 299 Å². The van der Waals surface area contributed by atoms with Crippen molar-refractivity contribution < 1.29 is 8.83 Å². The molecule has 25 rings (SSSR count). The van der Waals surface area contributed by atoms with Crippen LogP contribution < -0.4 is 41.3 Å². The Morgan fingerprint density at radius 1 is 0.304 bits per heavy atom. The number of anilines is 10. The molecule has 0 N–H and O–H groups in total. The number of benzene rings is 14. The van der Waals surface area contributed by atoms with Gasteiger partial charge in [-0.25, -0.2) is 0 Å². The summed E-state index contributed by atoms with van der Waals surface area (Å²) >= 11 is 1.91. The molecule has 2 aliphatic carbocycles. The van der Waals surface area contributed by atoms with Crippen molar-refractivity contribution in [2.24, 2.45) is 0 Å². The van der Waals surface area contributed by atoms with Crippen LogP contribution in [0.15, 0.2) is 264 Å². The van der Waals surface area contributed by atoms with Crippen LogP contribution in [0, 0.1) is 0 Å². The van der Waals surface area contributed by atoms with E-state index in [1.165, 1.54) is 165 Å². The second-order valence-corrected chi connectivity index (χ2v) is 39.3. The fraction of sp³-hybridized carbons (Fsp3) is 0.208. The van der Waals surface area contributed by atoms with Crippen LogP contribution in [0.1, 0.15) is 153 Å². The van der Waals surface area contributed by atoms with E-state index < -0.39 is 0 Å². The van der Waals surface area contributed by atoms with Gasteiger partial charge in [-0.3, -0.25) is 0 Å². The lowest BCUT2D eigenvalue weighted by Crippen LogP contribution is -2.62. The topological polar surface area (TPSA) is 39.2 Å². The molecule has 17 aromatic rings. The van der Waals surface area contributed by atoms with Gasteiger partial charge in [0.25, 0.3) is 0 Å². The molecule has 8 aliphatic rings. The number of furan rings is 2. The van der Waals surface area contributed by atoms with Crippen LogP contribution in [-0.4, -0.2) is 13.7 Å². The molecule has 0 unspecified atom stereocenters. The Kier molecular flexibility index (Phi) is 12.9. The number of rotatable bonds is 4. The molecule has 9 heterocycles. The lowest BCUT2D eigenvalue weighted by atomic mass is 9.42. The largest absolute Gasteiger partial charge is 0.456 e. The van der Waals surface area contributed by atoms with Gasteiger partial charge in [-0.2, -0.15) is 0 Å². The van der Waals surface area contributed by atoms with Crippen molar-refractivity contribution in [2.75, 3.05) is 19.4 Å². The van der Waals surface area contributed by atoms with E-state index in [0.717, 1.165) is 92.1 Å². The monoisotopic (exact) mass is 1500 g/mol. The summed E-state index contributed by atoms with van der Waals surface area (Å²) in [5.74, 6) is 0. The smallest absolute Gasteiger partial charge is 0.333 e. The van der Waals surface area contributed by atoms with Gasteiger partial charge in [-0.05, 0) is 232 Å². The lowest BCUT2D eigenvalue weighted by Gasteiger charge is -2.51. The highest BCUT2D eigenvalue weighted by atomic mass is 32.1. The fourth-order valence-electron chi connectivity index (χ4n) is 23.2. The van der Waals surface area contributed by atoms with E-state index in [1.54, 1.807) is 0 Å². The van der Waals surface area contributed by atoms with E-state index in [1.807, 2.05) is 11.3 Å². The zero-order chi connectivity index (χ0) is 77.4. The Hall–Kier alpha value is -11.8. The van der Waals surface area contributed by atoms with Crippen LogP contribution in [0.4, 0.5) is 56.9 Å². The summed E-state index contributed by atoms with van der Waals surface area (Å²) in [4.78, 5) is 10.9. The van der Waals surface area contributed by atoms with Crippen LogP contribution in [0.25, 0.3) is 109 Å². The van der Waals surface area contributed by atoms with Crippen LogP contribution in [0.3, 0.4) is 0 Å². The zero-order valence-corrected chi connectivity index (χ0v) is 68.1. The Morgan fingerprint density at radius 2 is 0.835 bits per heavy atom. The summed E-state index contributed by atoms with van der Waals surface area (Å²) in [6.45, 7) is 29.2. The van der Waals surface area contributed by atoms with Crippen molar-refractivity contribution in [2.45, 2.75) is 141 Å². The first-order chi connectivity index (χ1) is 55.5. The van der Waals surface area contributed by atoms with E-state index in [-0.39, 0.29) is 46.2 Å². The Bertz CT molecular complexity index is 7290. The highest BCUT2D eigenvalue weighted by Gasteiger charge is 2.55. The maximum atomic E-state index is 7.82. The molecule has 554 valence electrons. The minimum atomic E-state index is -0.358. The molecule has 0 fully saturated rings. The number of para-hydroxylation sites is 4. The van der Waals surface area contributed by atoms with Crippen LogP contribution in [-0.2, 0) is 32.5 Å². The third-order valence-electron chi connectivity index (χ3n) is 29.5. The Labute approximate surface area is 676 Å². The van der Waals surface area contributed by atoms with Gasteiger partial charge in [0.2, 0.25) is 0 Å². The first-order valence-corrected chi connectivity index (χ1v) is 42.5. The number of hydrogen-bond acceptors (Lipinski definition) is 7. The van der Waals surface area contributed by atoms with Gasteiger partial charge in [0.15, 0.2) is 5.58 Å². The van der Waals surface area contributed by atoms with Gasteiger partial charge < -0.3 is 28.3 Å².